The van der Waals surface area contributed by atoms with Crippen molar-refractivity contribution < 1.29 is 4.79 Å². The summed E-state index contributed by atoms with van der Waals surface area (Å²) in [4.78, 5) is 18.1. The average molecular weight is 317 g/mol. The Labute approximate surface area is 128 Å². The number of nitrogens with zero attached hydrogens (tertiary/aromatic N) is 3. The van der Waals surface area contributed by atoms with Gasteiger partial charge in [0.15, 0.2) is 0 Å². The fourth-order valence-corrected chi connectivity index (χ4v) is 2.94. The predicted octanol–water partition coefficient (Wildman–Crippen LogP) is 1.52. The number of hydrogen-bond donors (Lipinski definition) is 2. The molecule has 1 aromatic heterocycles. The molecule has 0 saturated carbocycles. The third-order valence-corrected chi connectivity index (χ3v) is 4.27. The van der Waals surface area contributed by atoms with Crippen LogP contribution in [0.25, 0.3) is 0 Å². The van der Waals surface area contributed by atoms with Crippen LogP contribution in [-0.4, -0.2) is 59.6 Å². The zero-order chi connectivity index (χ0) is 14.8. The fourth-order valence-electron chi connectivity index (χ4n) is 1.52. The van der Waals surface area contributed by atoms with E-state index in [9.17, 15) is 4.79 Å². The van der Waals surface area contributed by atoms with Crippen molar-refractivity contribution in [2.45, 2.75) is 24.9 Å². The van der Waals surface area contributed by atoms with Gasteiger partial charge in [0.25, 0.3) is 0 Å². The molecule has 0 atom stereocenters. The summed E-state index contributed by atoms with van der Waals surface area (Å²) in [5, 5.41) is 7.21. The van der Waals surface area contributed by atoms with E-state index in [1.807, 2.05) is 19.0 Å². The maximum Gasteiger partial charge on any atom is 0.240 e. The molecule has 20 heavy (non-hydrogen) atoms. The first-order valence-corrected chi connectivity index (χ1v) is 8.51. The Bertz CT molecular complexity index is 399. The molecule has 0 spiro atoms. The van der Waals surface area contributed by atoms with Gasteiger partial charge in [0, 0.05) is 17.3 Å². The minimum absolute atomic E-state index is 0.0415. The number of carbonyl (C=O) groups is 1. The summed E-state index contributed by atoms with van der Waals surface area (Å²) in [6.07, 6.45) is 2.11. The van der Waals surface area contributed by atoms with E-state index in [1.165, 1.54) is 11.5 Å². The van der Waals surface area contributed by atoms with Crippen LogP contribution < -0.4 is 10.6 Å². The molecule has 8 heteroatoms. The van der Waals surface area contributed by atoms with Gasteiger partial charge in [0.05, 0.1) is 6.54 Å². The van der Waals surface area contributed by atoms with Gasteiger partial charge in [0.2, 0.25) is 16.2 Å². The van der Waals surface area contributed by atoms with Crippen LogP contribution in [0.15, 0.2) is 5.16 Å². The molecule has 114 valence electrons. The van der Waals surface area contributed by atoms with Crippen molar-refractivity contribution in [3.05, 3.63) is 0 Å². The summed E-state index contributed by atoms with van der Waals surface area (Å²) in [6, 6.07) is 0. The summed E-state index contributed by atoms with van der Waals surface area (Å²) in [6.45, 7) is 4.34. The van der Waals surface area contributed by atoms with Gasteiger partial charge in [-0.05, 0) is 40.0 Å². The van der Waals surface area contributed by atoms with Gasteiger partial charge in [-0.15, -0.1) is 0 Å². The van der Waals surface area contributed by atoms with Crippen molar-refractivity contribution >= 4 is 34.3 Å². The maximum atomic E-state index is 11.8. The summed E-state index contributed by atoms with van der Waals surface area (Å²) >= 11 is 2.85. The quantitative estimate of drug-likeness (QED) is 0.504. The van der Waals surface area contributed by atoms with Crippen molar-refractivity contribution in [3.8, 4) is 0 Å². The number of likely N-dealkylation sites (N-methyl/N-ethyl adjacent to an activating group) is 1. The molecule has 0 aliphatic rings. The van der Waals surface area contributed by atoms with Crippen LogP contribution in [0, 0.1) is 0 Å². The molecule has 1 aromatic rings. The van der Waals surface area contributed by atoms with Crippen LogP contribution in [0.4, 0.5) is 5.13 Å². The molecule has 0 aliphatic heterocycles. The Balaban J connectivity index is 2.28. The predicted molar refractivity (Wildman–Crippen MR) is 85.6 cm³/mol. The van der Waals surface area contributed by atoms with Gasteiger partial charge in [0.1, 0.15) is 0 Å². The van der Waals surface area contributed by atoms with E-state index in [1.54, 1.807) is 11.8 Å². The van der Waals surface area contributed by atoms with Crippen LogP contribution in [0.3, 0.4) is 0 Å². The summed E-state index contributed by atoms with van der Waals surface area (Å²) in [5.74, 6) is 0.957. The average Bonchev–Trinajstić information content (AvgIpc) is 2.84. The van der Waals surface area contributed by atoms with E-state index in [0.29, 0.717) is 11.7 Å². The van der Waals surface area contributed by atoms with Gasteiger partial charge >= 0.3 is 0 Å². The molecular formula is C12H23N5OS2. The number of amides is 1. The Hall–Kier alpha value is -0.700. The first kappa shape index (κ1) is 17.4. The number of thioether (sulfide) groups is 1. The smallest absolute Gasteiger partial charge is 0.240 e. The largest absolute Gasteiger partial charge is 0.320 e. The number of carbonyl (C=O) groups excluding carboxylic acids is 1. The molecule has 0 aliphatic carbocycles. The molecule has 0 aromatic carbocycles. The number of nitrogens with one attached hydrogen (secondary N) is 2. The Morgan fingerprint density at radius 3 is 3.00 bits per heavy atom. The zero-order valence-electron chi connectivity index (χ0n) is 12.3. The highest BCUT2D eigenvalue weighted by Gasteiger charge is 2.10. The molecule has 0 saturated heterocycles. The Kier molecular flexibility index (Phi) is 8.75. The highest BCUT2D eigenvalue weighted by Crippen LogP contribution is 2.20. The highest BCUT2D eigenvalue weighted by atomic mass is 32.2. The lowest BCUT2D eigenvalue weighted by molar-refractivity contribution is -0.117. The second-order valence-corrected chi connectivity index (χ2v) is 6.29. The number of anilines is 1. The summed E-state index contributed by atoms with van der Waals surface area (Å²) in [5.41, 5.74) is 0. The van der Waals surface area contributed by atoms with E-state index in [0.717, 1.165) is 36.8 Å². The normalized spacial score (nSPS) is 11.0. The van der Waals surface area contributed by atoms with Crippen molar-refractivity contribution in [1.29, 1.82) is 0 Å². The standard InChI is InChI=1S/C12H23N5OS2/c1-4-8-19-12-15-11(20-16-12)14-10(18)9-17(3)7-5-6-13-2/h13H,4-9H2,1-3H3,(H,14,15,16,18). The first-order chi connectivity index (χ1) is 9.65. The van der Waals surface area contributed by atoms with Gasteiger partial charge < -0.3 is 5.32 Å². The molecular weight excluding hydrogens is 294 g/mol. The van der Waals surface area contributed by atoms with Gasteiger partial charge in [-0.3, -0.25) is 15.0 Å². The molecule has 0 bridgehead atoms. The fraction of sp³-hybridized carbons (Fsp3) is 0.750. The third-order valence-electron chi connectivity index (χ3n) is 2.47. The second-order valence-electron chi connectivity index (χ2n) is 4.47. The zero-order valence-corrected chi connectivity index (χ0v) is 13.9. The number of rotatable bonds is 10. The van der Waals surface area contributed by atoms with Crippen molar-refractivity contribution in [1.82, 2.24) is 19.6 Å². The Morgan fingerprint density at radius 1 is 1.50 bits per heavy atom. The molecule has 0 unspecified atom stereocenters. The summed E-state index contributed by atoms with van der Waals surface area (Å²) in [7, 11) is 3.87. The monoisotopic (exact) mass is 317 g/mol. The van der Waals surface area contributed by atoms with E-state index >= 15 is 0 Å². The van der Waals surface area contributed by atoms with E-state index in [2.05, 4.69) is 26.9 Å². The van der Waals surface area contributed by atoms with Crippen molar-refractivity contribution in [2.24, 2.45) is 0 Å². The lowest BCUT2D eigenvalue weighted by Crippen LogP contribution is -2.31. The molecule has 0 fully saturated rings. The van der Waals surface area contributed by atoms with E-state index < -0.39 is 0 Å². The number of hydrogen-bond acceptors (Lipinski definition) is 7. The molecule has 0 radical (unpaired) electrons. The SMILES string of the molecule is CCCSc1nsc(NC(=O)CN(C)CCCNC)n1. The lowest BCUT2D eigenvalue weighted by Gasteiger charge is -2.15. The van der Waals surface area contributed by atoms with Gasteiger partial charge in [-0.1, -0.05) is 18.7 Å². The number of aromatic nitrogens is 2. The first-order valence-electron chi connectivity index (χ1n) is 6.75. The van der Waals surface area contributed by atoms with Crippen LogP contribution >= 0.6 is 23.3 Å². The molecule has 1 amide bonds. The van der Waals surface area contributed by atoms with Crippen LogP contribution in [-0.2, 0) is 4.79 Å². The van der Waals surface area contributed by atoms with Gasteiger partial charge in [-0.25, -0.2) is 0 Å². The van der Waals surface area contributed by atoms with Gasteiger partial charge in [-0.2, -0.15) is 9.36 Å². The Morgan fingerprint density at radius 2 is 2.30 bits per heavy atom. The molecule has 1 heterocycles. The van der Waals surface area contributed by atoms with Crippen LogP contribution in [0.5, 0.6) is 0 Å². The van der Waals surface area contributed by atoms with E-state index in [4.69, 9.17) is 0 Å². The van der Waals surface area contributed by atoms with Crippen LogP contribution in [0.1, 0.15) is 19.8 Å². The maximum absolute atomic E-state index is 11.8. The van der Waals surface area contributed by atoms with Crippen LogP contribution in [0.2, 0.25) is 0 Å². The van der Waals surface area contributed by atoms with Crippen molar-refractivity contribution in [2.75, 3.05) is 44.8 Å². The highest BCUT2D eigenvalue weighted by molar-refractivity contribution is 7.99. The molecule has 2 N–H and O–H groups in total. The lowest BCUT2D eigenvalue weighted by atomic mass is 10.4. The van der Waals surface area contributed by atoms with E-state index in [-0.39, 0.29) is 5.91 Å². The third kappa shape index (κ3) is 7.18. The topological polar surface area (TPSA) is 70.2 Å². The summed E-state index contributed by atoms with van der Waals surface area (Å²) < 4.78 is 4.20. The minimum Gasteiger partial charge on any atom is -0.320 e. The van der Waals surface area contributed by atoms with Crippen molar-refractivity contribution in [3.63, 3.8) is 0 Å². The molecule has 6 nitrogen and oxygen atoms in total. The molecule has 1 rings (SSSR count). The minimum atomic E-state index is -0.0415. The second kappa shape index (κ2) is 10.1.